The van der Waals surface area contributed by atoms with Gasteiger partial charge in [0.15, 0.2) is 0 Å². The highest BCUT2D eigenvalue weighted by atomic mass is 19.3. The zero-order valence-electron chi connectivity index (χ0n) is 9.35. The number of nitrogen functional groups attached to an aromatic ring is 1. The summed E-state index contributed by atoms with van der Waals surface area (Å²) in [6.07, 6.45) is -2.45. The highest BCUT2D eigenvalue weighted by Gasteiger charge is 2.13. The summed E-state index contributed by atoms with van der Waals surface area (Å²) in [6, 6.07) is 0. The van der Waals surface area contributed by atoms with Gasteiger partial charge in [0, 0.05) is 21.1 Å². The zero-order chi connectivity index (χ0) is 12.3. The van der Waals surface area contributed by atoms with Crippen LogP contribution in [0.2, 0.25) is 0 Å². The number of anilines is 3. The lowest BCUT2D eigenvalue weighted by atomic mass is 10.6. The molecule has 0 atom stereocenters. The first-order valence-electron chi connectivity index (χ1n) is 4.58. The van der Waals surface area contributed by atoms with E-state index in [9.17, 15) is 8.78 Å². The van der Waals surface area contributed by atoms with Crippen molar-refractivity contribution in [3.8, 4) is 0 Å². The zero-order valence-corrected chi connectivity index (χ0v) is 9.35. The van der Waals surface area contributed by atoms with Crippen LogP contribution in [0.1, 0.15) is 0 Å². The number of halogens is 2. The molecule has 6 nitrogen and oxygen atoms in total. The van der Waals surface area contributed by atoms with Crippen LogP contribution >= 0.6 is 0 Å². The van der Waals surface area contributed by atoms with E-state index in [4.69, 9.17) is 5.73 Å². The molecule has 0 amide bonds. The number of rotatable bonds is 4. The molecule has 0 aliphatic heterocycles. The maximum atomic E-state index is 12.2. The summed E-state index contributed by atoms with van der Waals surface area (Å²) in [5, 5.41) is 0. The summed E-state index contributed by atoms with van der Waals surface area (Å²) >= 11 is 0. The summed E-state index contributed by atoms with van der Waals surface area (Å²) in [4.78, 5) is 14.5. The lowest BCUT2D eigenvalue weighted by Gasteiger charge is -2.18. The van der Waals surface area contributed by atoms with Crippen LogP contribution in [-0.4, -0.2) is 49.1 Å². The van der Waals surface area contributed by atoms with Gasteiger partial charge in [0.1, 0.15) is 0 Å². The molecule has 0 spiro atoms. The number of hydrogen-bond donors (Lipinski definition) is 1. The van der Waals surface area contributed by atoms with Crippen LogP contribution in [0.5, 0.6) is 0 Å². The van der Waals surface area contributed by atoms with Crippen LogP contribution in [0.3, 0.4) is 0 Å². The van der Waals surface area contributed by atoms with Crippen LogP contribution in [0.25, 0.3) is 0 Å². The quantitative estimate of drug-likeness (QED) is 0.800. The number of nitrogens with two attached hydrogens (primary N) is 1. The Morgan fingerprint density at radius 2 is 1.69 bits per heavy atom. The Labute approximate surface area is 92.1 Å². The average molecular weight is 232 g/mol. The normalized spacial score (nSPS) is 10.6. The minimum Gasteiger partial charge on any atom is -0.368 e. The Balaban J connectivity index is 2.95. The molecule has 1 aromatic rings. The van der Waals surface area contributed by atoms with E-state index in [1.165, 1.54) is 11.9 Å². The largest absolute Gasteiger partial charge is 0.368 e. The van der Waals surface area contributed by atoms with E-state index in [1.807, 2.05) is 0 Å². The average Bonchev–Trinajstić information content (AvgIpc) is 2.15. The topological polar surface area (TPSA) is 71.2 Å². The minimum atomic E-state index is -2.45. The molecular formula is C8H14F2N6. The molecule has 90 valence electrons. The lowest BCUT2D eigenvalue weighted by molar-refractivity contribution is 0.156. The van der Waals surface area contributed by atoms with E-state index in [0.29, 0.717) is 5.95 Å². The second kappa shape index (κ2) is 4.86. The molecule has 0 aliphatic carbocycles. The van der Waals surface area contributed by atoms with Crippen LogP contribution in [-0.2, 0) is 0 Å². The molecule has 1 heterocycles. The summed E-state index contributed by atoms with van der Waals surface area (Å²) < 4.78 is 24.4. The molecule has 1 rings (SSSR count). The van der Waals surface area contributed by atoms with Crippen LogP contribution in [0, 0.1) is 0 Å². The molecule has 0 aromatic carbocycles. The Hall–Kier alpha value is -1.73. The molecule has 2 N–H and O–H groups in total. The molecule has 8 heteroatoms. The molecule has 0 unspecified atom stereocenters. The number of nitrogens with zero attached hydrogens (tertiary/aromatic N) is 5. The van der Waals surface area contributed by atoms with Crippen molar-refractivity contribution in [3.05, 3.63) is 0 Å². The van der Waals surface area contributed by atoms with E-state index in [1.54, 1.807) is 19.0 Å². The van der Waals surface area contributed by atoms with Crippen LogP contribution < -0.4 is 15.5 Å². The number of hydrogen-bond acceptors (Lipinski definition) is 6. The van der Waals surface area contributed by atoms with Crippen molar-refractivity contribution in [2.75, 3.05) is 43.2 Å². The Morgan fingerprint density at radius 3 is 2.19 bits per heavy atom. The Morgan fingerprint density at radius 1 is 1.12 bits per heavy atom. The standard InChI is InChI=1S/C8H14F2N6/c1-15(2)7-12-6(11)13-8(14-7)16(3)4-5(9)10/h5H,4H2,1-3H3,(H2,11,12,13,14). The molecule has 0 bridgehead atoms. The fraction of sp³-hybridized carbons (Fsp3) is 0.625. The smallest absolute Gasteiger partial charge is 0.255 e. The molecular weight excluding hydrogens is 218 g/mol. The molecule has 0 aliphatic rings. The summed E-state index contributed by atoms with van der Waals surface area (Å²) in [5.41, 5.74) is 5.46. The summed E-state index contributed by atoms with van der Waals surface area (Å²) in [7, 11) is 4.93. The van der Waals surface area contributed by atoms with Crippen LogP contribution in [0.4, 0.5) is 26.6 Å². The fourth-order valence-corrected chi connectivity index (χ4v) is 1.03. The number of alkyl halides is 2. The monoisotopic (exact) mass is 232 g/mol. The van der Waals surface area contributed by atoms with Crippen molar-refractivity contribution in [2.24, 2.45) is 0 Å². The maximum absolute atomic E-state index is 12.2. The van der Waals surface area contributed by atoms with Gasteiger partial charge in [-0.2, -0.15) is 15.0 Å². The van der Waals surface area contributed by atoms with E-state index in [-0.39, 0.29) is 11.9 Å². The van der Waals surface area contributed by atoms with Gasteiger partial charge in [-0.3, -0.25) is 0 Å². The van der Waals surface area contributed by atoms with Gasteiger partial charge < -0.3 is 15.5 Å². The maximum Gasteiger partial charge on any atom is 0.255 e. The lowest BCUT2D eigenvalue weighted by Crippen LogP contribution is -2.27. The van der Waals surface area contributed by atoms with E-state index in [0.717, 1.165) is 0 Å². The molecule has 0 saturated carbocycles. The third-order valence-electron chi connectivity index (χ3n) is 1.78. The predicted octanol–water partition coefficient (Wildman–Crippen LogP) is 0.221. The van der Waals surface area contributed by atoms with Crippen molar-refractivity contribution >= 4 is 17.8 Å². The first kappa shape index (κ1) is 12.3. The second-order valence-electron chi connectivity index (χ2n) is 3.46. The van der Waals surface area contributed by atoms with Gasteiger partial charge in [-0.1, -0.05) is 0 Å². The van der Waals surface area contributed by atoms with Gasteiger partial charge >= 0.3 is 0 Å². The summed E-state index contributed by atoms with van der Waals surface area (Å²) in [6.45, 7) is -0.448. The van der Waals surface area contributed by atoms with Crippen molar-refractivity contribution in [2.45, 2.75) is 6.43 Å². The van der Waals surface area contributed by atoms with Gasteiger partial charge in [-0.25, -0.2) is 8.78 Å². The van der Waals surface area contributed by atoms with E-state index >= 15 is 0 Å². The van der Waals surface area contributed by atoms with Crippen molar-refractivity contribution in [3.63, 3.8) is 0 Å². The van der Waals surface area contributed by atoms with E-state index < -0.39 is 13.0 Å². The van der Waals surface area contributed by atoms with Gasteiger partial charge in [-0.15, -0.1) is 0 Å². The van der Waals surface area contributed by atoms with Gasteiger partial charge in [0.05, 0.1) is 6.54 Å². The predicted molar refractivity (Wildman–Crippen MR) is 57.8 cm³/mol. The Bertz CT molecular complexity index is 356. The minimum absolute atomic E-state index is 0.00909. The molecule has 0 radical (unpaired) electrons. The Kier molecular flexibility index (Phi) is 3.75. The summed E-state index contributed by atoms with van der Waals surface area (Å²) in [5.74, 6) is 0.481. The van der Waals surface area contributed by atoms with Crippen molar-refractivity contribution < 1.29 is 8.78 Å². The molecule has 1 aromatic heterocycles. The highest BCUT2D eigenvalue weighted by molar-refractivity contribution is 5.42. The number of aromatic nitrogens is 3. The highest BCUT2D eigenvalue weighted by Crippen LogP contribution is 2.13. The van der Waals surface area contributed by atoms with E-state index in [2.05, 4.69) is 15.0 Å². The first-order chi connectivity index (χ1) is 7.40. The van der Waals surface area contributed by atoms with Crippen LogP contribution in [0.15, 0.2) is 0 Å². The van der Waals surface area contributed by atoms with Gasteiger partial charge in [-0.05, 0) is 0 Å². The fourth-order valence-electron chi connectivity index (χ4n) is 1.03. The second-order valence-corrected chi connectivity index (χ2v) is 3.46. The van der Waals surface area contributed by atoms with Crippen molar-refractivity contribution in [1.82, 2.24) is 15.0 Å². The first-order valence-corrected chi connectivity index (χ1v) is 4.58. The third-order valence-corrected chi connectivity index (χ3v) is 1.78. The molecule has 16 heavy (non-hydrogen) atoms. The third kappa shape index (κ3) is 3.14. The molecule has 0 fully saturated rings. The van der Waals surface area contributed by atoms with Gasteiger partial charge in [0.2, 0.25) is 17.8 Å². The molecule has 0 saturated heterocycles. The van der Waals surface area contributed by atoms with Gasteiger partial charge in [0.25, 0.3) is 6.43 Å². The van der Waals surface area contributed by atoms with Crippen molar-refractivity contribution in [1.29, 1.82) is 0 Å². The SMILES string of the molecule is CN(C)c1nc(N)nc(N(C)CC(F)F)n1.